The predicted octanol–water partition coefficient (Wildman–Crippen LogP) is 0.557. The molecule has 1 radical (unpaired) electrons. The van der Waals surface area contributed by atoms with Crippen LogP contribution in [-0.4, -0.2) is 6.09 Å². The molecule has 0 fully saturated rings. The first-order valence-electron chi connectivity index (χ1n) is 2.10. The van der Waals surface area contributed by atoms with Crippen molar-refractivity contribution in [2.24, 2.45) is 0 Å². The van der Waals surface area contributed by atoms with Gasteiger partial charge in [0.2, 0.25) is 0 Å². The number of carbonyl (C=O) groups excluding carboxylic acids is 1. The molecule has 0 saturated heterocycles. The van der Waals surface area contributed by atoms with Crippen LogP contribution in [0.3, 0.4) is 0 Å². The highest BCUT2D eigenvalue weighted by molar-refractivity contribution is 5.68. The number of carbonyl (C=O) groups is 1. The normalized spacial score (nSPS) is 16.8. The summed E-state index contributed by atoms with van der Waals surface area (Å²) in [5.74, 6) is 0. The third-order valence-corrected chi connectivity index (χ3v) is 0.607. The Morgan fingerprint density at radius 1 is 1.75 bits per heavy atom. The number of nitrogens with one attached hydrogen (secondary N) is 1. The van der Waals surface area contributed by atoms with E-state index in [0.717, 1.165) is 0 Å². The van der Waals surface area contributed by atoms with E-state index in [1.165, 1.54) is 6.26 Å². The monoisotopic (exact) mass is 110 g/mol. The number of rotatable bonds is 0. The van der Waals surface area contributed by atoms with Gasteiger partial charge in [-0.2, -0.15) is 0 Å². The van der Waals surface area contributed by atoms with Gasteiger partial charge < -0.3 is 4.74 Å². The lowest BCUT2D eigenvalue weighted by atomic mass is 10.6. The van der Waals surface area contributed by atoms with Gasteiger partial charge in [0.05, 0.1) is 12.5 Å². The first-order valence-corrected chi connectivity index (χ1v) is 2.10. The zero-order valence-corrected chi connectivity index (χ0v) is 4.05. The molecule has 0 saturated carbocycles. The van der Waals surface area contributed by atoms with Crippen molar-refractivity contribution in [1.29, 1.82) is 0 Å². The van der Waals surface area contributed by atoms with E-state index in [2.05, 4.69) is 16.3 Å². The smallest absolute Gasteiger partial charge is 0.416 e. The van der Waals surface area contributed by atoms with E-state index in [0.29, 0.717) is 0 Å². The van der Waals surface area contributed by atoms with Crippen molar-refractivity contribution in [2.75, 3.05) is 0 Å². The Bertz CT molecular complexity index is 133. The van der Waals surface area contributed by atoms with Gasteiger partial charge >= 0.3 is 6.09 Å². The maximum absolute atomic E-state index is 10.2. The Balaban J connectivity index is 2.58. The minimum absolute atomic E-state index is 0.505. The second-order valence-electron chi connectivity index (χ2n) is 1.17. The molecule has 0 bridgehead atoms. The molecule has 1 rings (SSSR count). The van der Waals surface area contributed by atoms with Gasteiger partial charge in [0, 0.05) is 0 Å². The lowest BCUT2D eigenvalue weighted by Gasteiger charge is -1.90. The van der Waals surface area contributed by atoms with Crippen LogP contribution >= 0.6 is 0 Å². The number of amides is 1. The maximum atomic E-state index is 10.2. The van der Waals surface area contributed by atoms with Crippen molar-refractivity contribution >= 4 is 6.09 Å². The molecule has 1 amide bonds. The topological polar surface area (TPSA) is 38.3 Å². The van der Waals surface area contributed by atoms with Gasteiger partial charge in [-0.3, -0.25) is 5.32 Å². The van der Waals surface area contributed by atoms with Crippen LogP contribution in [0.1, 0.15) is 0 Å². The summed E-state index contributed by atoms with van der Waals surface area (Å²) in [6.45, 7) is 0. The highest BCUT2D eigenvalue weighted by atomic mass is 16.5. The van der Waals surface area contributed by atoms with E-state index in [1.54, 1.807) is 12.2 Å². The highest BCUT2D eigenvalue weighted by Crippen LogP contribution is 1.84. The van der Waals surface area contributed by atoms with Crippen LogP contribution in [0.4, 0.5) is 4.79 Å². The van der Waals surface area contributed by atoms with Crippen LogP contribution in [0.5, 0.6) is 0 Å². The van der Waals surface area contributed by atoms with E-state index in [4.69, 9.17) is 0 Å². The van der Waals surface area contributed by atoms with Crippen LogP contribution in [-0.2, 0) is 4.74 Å². The van der Waals surface area contributed by atoms with Crippen molar-refractivity contribution in [2.45, 2.75) is 0 Å². The number of hydrogen-bond donors (Lipinski definition) is 1. The molecule has 0 unspecified atom stereocenters. The second kappa shape index (κ2) is 2.16. The Kier molecular flexibility index (Phi) is 1.32. The molecule has 1 aliphatic heterocycles. The standard InChI is InChI=1S/C5H4NO2/c7-5-6-3-1-2-4-8-5/h1-2,4H,(H,6,7). The first-order chi connectivity index (χ1) is 3.89. The van der Waals surface area contributed by atoms with Gasteiger partial charge in [0.1, 0.15) is 0 Å². The average Bonchev–Trinajstić information content (AvgIpc) is 1.94. The lowest BCUT2D eigenvalue weighted by Crippen LogP contribution is -2.14. The third-order valence-electron chi connectivity index (χ3n) is 0.607. The van der Waals surface area contributed by atoms with E-state index in [1.807, 2.05) is 0 Å². The summed E-state index contributed by atoms with van der Waals surface area (Å²) >= 11 is 0. The molecule has 0 aromatic heterocycles. The number of allylic oxidation sites excluding steroid dienone is 2. The number of cyclic esters (lactones) is 1. The third kappa shape index (κ3) is 1.11. The van der Waals surface area contributed by atoms with Crippen LogP contribution in [0, 0.1) is 6.20 Å². The van der Waals surface area contributed by atoms with Gasteiger partial charge in [-0.05, 0) is 12.2 Å². The molecule has 0 atom stereocenters. The van der Waals surface area contributed by atoms with Crippen LogP contribution in [0.15, 0.2) is 18.4 Å². The molecule has 8 heavy (non-hydrogen) atoms. The molecule has 0 aromatic carbocycles. The van der Waals surface area contributed by atoms with Gasteiger partial charge in [-0.25, -0.2) is 4.79 Å². The molecule has 1 heterocycles. The molecule has 3 nitrogen and oxygen atoms in total. The summed E-state index contributed by atoms with van der Waals surface area (Å²) in [6.07, 6.45) is 6.36. The summed E-state index contributed by atoms with van der Waals surface area (Å²) in [5.41, 5.74) is 0. The fourth-order valence-corrected chi connectivity index (χ4v) is 0.319. The quantitative estimate of drug-likeness (QED) is 0.494. The minimum atomic E-state index is -0.505. The summed E-state index contributed by atoms with van der Waals surface area (Å²) in [4.78, 5) is 10.2. The maximum Gasteiger partial charge on any atom is 0.416 e. The zero-order valence-electron chi connectivity index (χ0n) is 4.05. The minimum Gasteiger partial charge on any atom is -0.418 e. The average molecular weight is 110 g/mol. The highest BCUT2D eigenvalue weighted by Gasteiger charge is 1.94. The van der Waals surface area contributed by atoms with E-state index < -0.39 is 6.09 Å². The molecule has 41 valence electrons. The fraction of sp³-hybridized carbons (Fsp3) is 0. The van der Waals surface area contributed by atoms with Crippen molar-refractivity contribution < 1.29 is 9.53 Å². The Labute approximate surface area is 46.6 Å². The van der Waals surface area contributed by atoms with Crippen molar-refractivity contribution in [3.63, 3.8) is 0 Å². The van der Waals surface area contributed by atoms with Gasteiger partial charge in [-0.1, -0.05) is 0 Å². The summed E-state index contributed by atoms with van der Waals surface area (Å²) in [6, 6.07) is 0. The fourth-order valence-electron chi connectivity index (χ4n) is 0.319. The molecule has 0 spiro atoms. The number of hydrogen-bond acceptors (Lipinski definition) is 2. The SMILES string of the molecule is O=C1N[C]=CC=CO1. The van der Waals surface area contributed by atoms with E-state index in [9.17, 15) is 4.79 Å². The van der Waals surface area contributed by atoms with Crippen molar-refractivity contribution in [3.05, 3.63) is 24.6 Å². The number of ether oxygens (including phenoxy) is 1. The van der Waals surface area contributed by atoms with Crippen molar-refractivity contribution in [1.82, 2.24) is 5.32 Å². The summed E-state index contributed by atoms with van der Waals surface area (Å²) in [5, 5.41) is 2.22. The molecule has 0 aliphatic carbocycles. The van der Waals surface area contributed by atoms with Gasteiger partial charge in [0.25, 0.3) is 0 Å². The predicted molar refractivity (Wildman–Crippen MR) is 26.6 cm³/mol. The zero-order chi connectivity index (χ0) is 5.82. The molecule has 1 N–H and O–H groups in total. The molecular weight excluding hydrogens is 106 g/mol. The van der Waals surface area contributed by atoms with E-state index >= 15 is 0 Å². The molecule has 3 heteroatoms. The van der Waals surface area contributed by atoms with Gasteiger partial charge in [-0.15, -0.1) is 0 Å². The largest absolute Gasteiger partial charge is 0.418 e. The summed E-state index contributed by atoms with van der Waals surface area (Å²) < 4.78 is 4.38. The van der Waals surface area contributed by atoms with Crippen molar-refractivity contribution in [3.8, 4) is 0 Å². The van der Waals surface area contributed by atoms with Crippen LogP contribution in [0.2, 0.25) is 0 Å². The summed E-state index contributed by atoms with van der Waals surface area (Å²) in [7, 11) is 0. The second-order valence-corrected chi connectivity index (χ2v) is 1.17. The number of alkyl carbamates (subject to hydrolysis) is 1. The first kappa shape index (κ1) is 4.90. The molecule has 1 aliphatic rings. The molecular formula is C5H4NO2. The Morgan fingerprint density at radius 3 is 3.50 bits per heavy atom. The van der Waals surface area contributed by atoms with E-state index in [-0.39, 0.29) is 0 Å². The lowest BCUT2D eigenvalue weighted by molar-refractivity contribution is 0.189. The van der Waals surface area contributed by atoms with Crippen LogP contribution in [0.25, 0.3) is 0 Å². The molecule has 0 aromatic rings. The van der Waals surface area contributed by atoms with Gasteiger partial charge in [0.15, 0.2) is 0 Å². The van der Waals surface area contributed by atoms with Crippen LogP contribution < -0.4 is 5.32 Å². The Hall–Kier alpha value is -1.25. The Morgan fingerprint density at radius 2 is 2.62 bits per heavy atom.